The molecule has 0 bridgehead atoms. The van der Waals surface area contributed by atoms with Gasteiger partial charge in [0.1, 0.15) is 0 Å². The third-order valence-corrected chi connectivity index (χ3v) is 3.73. The fourth-order valence-corrected chi connectivity index (χ4v) is 2.65. The van der Waals surface area contributed by atoms with Crippen molar-refractivity contribution in [3.63, 3.8) is 0 Å². The molecule has 0 radical (unpaired) electrons. The molecule has 3 rings (SSSR count). The topological polar surface area (TPSA) is 71.7 Å². The summed E-state index contributed by atoms with van der Waals surface area (Å²) in [6, 6.07) is 10.5. The number of aromatic nitrogens is 1. The lowest BCUT2D eigenvalue weighted by molar-refractivity contribution is 0.0696. The monoisotopic (exact) mass is 297 g/mol. The molecule has 5 heteroatoms. The van der Waals surface area contributed by atoms with E-state index in [9.17, 15) is 15.0 Å². The summed E-state index contributed by atoms with van der Waals surface area (Å²) in [6.07, 6.45) is 1.87. The van der Waals surface area contributed by atoms with E-state index in [1.165, 1.54) is 19.2 Å². The number of para-hydroxylation sites is 1. The van der Waals surface area contributed by atoms with Crippen LogP contribution in [0.15, 0.2) is 42.6 Å². The van der Waals surface area contributed by atoms with E-state index in [0.717, 1.165) is 16.5 Å². The predicted octanol–water partition coefficient (Wildman–Crippen LogP) is 3.26. The highest BCUT2D eigenvalue weighted by molar-refractivity contribution is 6.00. The second-order valence-corrected chi connectivity index (χ2v) is 5.05. The number of hydrogen-bond acceptors (Lipinski definition) is 3. The van der Waals surface area contributed by atoms with Gasteiger partial charge in [-0.15, -0.1) is 0 Å². The van der Waals surface area contributed by atoms with Crippen molar-refractivity contribution in [1.82, 2.24) is 4.57 Å². The first kappa shape index (κ1) is 14.0. The molecule has 2 aromatic carbocycles. The zero-order chi connectivity index (χ0) is 15.9. The van der Waals surface area contributed by atoms with Crippen LogP contribution in [0.25, 0.3) is 22.0 Å². The lowest BCUT2D eigenvalue weighted by Gasteiger charge is -2.10. The third kappa shape index (κ3) is 2.07. The molecule has 0 spiro atoms. The van der Waals surface area contributed by atoms with E-state index in [2.05, 4.69) is 0 Å². The van der Waals surface area contributed by atoms with Gasteiger partial charge in [0.05, 0.1) is 12.7 Å². The summed E-state index contributed by atoms with van der Waals surface area (Å²) in [5.41, 5.74) is 2.26. The Kier molecular flexibility index (Phi) is 3.25. The number of benzene rings is 2. The van der Waals surface area contributed by atoms with Gasteiger partial charge >= 0.3 is 5.97 Å². The number of carbonyl (C=O) groups is 1. The van der Waals surface area contributed by atoms with Gasteiger partial charge in [-0.1, -0.05) is 18.2 Å². The largest absolute Gasteiger partial charge is 0.504 e. The van der Waals surface area contributed by atoms with E-state index in [1.54, 1.807) is 0 Å². The van der Waals surface area contributed by atoms with E-state index in [0.29, 0.717) is 5.56 Å². The summed E-state index contributed by atoms with van der Waals surface area (Å²) in [5.74, 6) is -0.994. The fraction of sp³-hybridized carbons (Fsp3) is 0.118. The van der Waals surface area contributed by atoms with Gasteiger partial charge < -0.3 is 19.5 Å². The van der Waals surface area contributed by atoms with Crippen LogP contribution in [0.5, 0.6) is 11.5 Å². The molecule has 5 nitrogen and oxygen atoms in total. The van der Waals surface area contributed by atoms with Gasteiger partial charge in [-0.25, -0.2) is 4.79 Å². The number of ether oxygens (including phenoxy) is 1. The average molecular weight is 297 g/mol. The number of hydrogen-bond donors (Lipinski definition) is 2. The van der Waals surface area contributed by atoms with Crippen molar-refractivity contribution in [3.05, 3.63) is 48.2 Å². The Labute approximate surface area is 127 Å². The molecule has 22 heavy (non-hydrogen) atoms. The minimum absolute atomic E-state index is 0.0659. The molecule has 0 unspecified atom stereocenters. The molecule has 0 aliphatic rings. The van der Waals surface area contributed by atoms with Gasteiger partial charge in [-0.2, -0.15) is 0 Å². The standard InChI is InChI=1S/C17H15NO4/c1-18-9-13(11-5-3-4-6-14(11)18)12-7-10(17(20)21)8-15(22-2)16(12)19/h3-9,19H,1-2H3,(H,20,21). The highest BCUT2D eigenvalue weighted by Gasteiger charge is 2.18. The zero-order valence-corrected chi connectivity index (χ0v) is 12.2. The molecule has 0 atom stereocenters. The van der Waals surface area contributed by atoms with Crippen LogP contribution in [0.2, 0.25) is 0 Å². The molecule has 2 N–H and O–H groups in total. The van der Waals surface area contributed by atoms with Crippen LogP contribution in [-0.2, 0) is 7.05 Å². The highest BCUT2D eigenvalue weighted by Crippen LogP contribution is 2.41. The summed E-state index contributed by atoms with van der Waals surface area (Å²) in [6.45, 7) is 0. The number of carboxylic acid groups (broad SMARTS) is 1. The lowest BCUT2D eigenvalue weighted by atomic mass is 10.0. The molecule has 0 fully saturated rings. The number of nitrogens with zero attached hydrogens (tertiary/aromatic N) is 1. The summed E-state index contributed by atoms with van der Waals surface area (Å²) in [5, 5.41) is 20.6. The van der Waals surface area contributed by atoms with Crippen LogP contribution < -0.4 is 4.74 Å². The van der Waals surface area contributed by atoms with Crippen LogP contribution in [0, 0.1) is 0 Å². The number of phenolic OH excluding ortho intramolecular Hbond substituents is 1. The second-order valence-electron chi connectivity index (χ2n) is 5.05. The van der Waals surface area contributed by atoms with Gasteiger partial charge in [0.15, 0.2) is 11.5 Å². The van der Waals surface area contributed by atoms with Crippen molar-refractivity contribution in [2.75, 3.05) is 7.11 Å². The van der Waals surface area contributed by atoms with Crippen LogP contribution in [0.3, 0.4) is 0 Å². The molecule has 0 saturated carbocycles. The summed E-state index contributed by atoms with van der Waals surface area (Å²) < 4.78 is 7.03. The number of aromatic hydroxyl groups is 1. The van der Waals surface area contributed by atoms with Crippen molar-refractivity contribution in [3.8, 4) is 22.6 Å². The molecule has 1 heterocycles. The van der Waals surface area contributed by atoms with Crippen LogP contribution in [0.4, 0.5) is 0 Å². The average Bonchev–Trinajstić information content (AvgIpc) is 2.85. The van der Waals surface area contributed by atoms with Gasteiger partial charge in [0.25, 0.3) is 0 Å². The number of aryl methyl sites for hydroxylation is 1. The van der Waals surface area contributed by atoms with E-state index >= 15 is 0 Å². The highest BCUT2D eigenvalue weighted by atomic mass is 16.5. The minimum Gasteiger partial charge on any atom is -0.504 e. The predicted molar refractivity (Wildman–Crippen MR) is 83.5 cm³/mol. The van der Waals surface area contributed by atoms with Crippen LogP contribution >= 0.6 is 0 Å². The van der Waals surface area contributed by atoms with Crippen LogP contribution in [-0.4, -0.2) is 27.9 Å². The lowest BCUT2D eigenvalue weighted by Crippen LogP contribution is -1.98. The van der Waals surface area contributed by atoms with E-state index < -0.39 is 5.97 Å². The maximum absolute atomic E-state index is 11.3. The quantitative estimate of drug-likeness (QED) is 0.778. The number of methoxy groups -OCH3 is 1. The van der Waals surface area contributed by atoms with E-state index in [1.807, 2.05) is 42.1 Å². The molecule has 3 aromatic rings. The Morgan fingerprint density at radius 1 is 1.18 bits per heavy atom. The third-order valence-electron chi connectivity index (χ3n) is 3.73. The second kappa shape index (κ2) is 5.11. The smallest absolute Gasteiger partial charge is 0.335 e. The fourth-order valence-electron chi connectivity index (χ4n) is 2.65. The summed E-state index contributed by atoms with van der Waals surface area (Å²) in [4.78, 5) is 11.3. The normalized spacial score (nSPS) is 10.8. The number of carboxylic acids is 1. The van der Waals surface area contributed by atoms with Crippen LogP contribution in [0.1, 0.15) is 10.4 Å². The van der Waals surface area contributed by atoms with E-state index in [4.69, 9.17) is 4.74 Å². The Balaban J connectivity index is 2.35. The SMILES string of the molecule is COc1cc(C(=O)O)cc(-c2cn(C)c3ccccc23)c1O. The van der Waals surface area contributed by atoms with Gasteiger partial charge in [-0.3, -0.25) is 0 Å². The van der Waals surface area contributed by atoms with Gasteiger partial charge in [0, 0.05) is 35.3 Å². The number of aromatic carboxylic acids is 1. The first-order chi connectivity index (χ1) is 10.5. The number of phenols is 1. The maximum Gasteiger partial charge on any atom is 0.335 e. The molecule has 0 saturated heterocycles. The maximum atomic E-state index is 11.3. The molecule has 112 valence electrons. The molecule has 0 aliphatic carbocycles. The van der Waals surface area contributed by atoms with Crippen molar-refractivity contribution in [2.45, 2.75) is 0 Å². The number of rotatable bonds is 3. The molecular weight excluding hydrogens is 282 g/mol. The van der Waals surface area contributed by atoms with Crippen molar-refractivity contribution in [1.29, 1.82) is 0 Å². The van der Waals surface area contributed by atoms with Crippen molar-refractivity contribution < 1.29 is 19.7 Å². The zero-order valence-electron chi connectivity index (χ0n) is 12.2. The summed E-state index contributed by atoms with van der Waals surface area (Å²) in [7, 11) is 3.30. The Morgan fingerprint density at radius 3 is 2.59 bits per heavy atom. The van der Waals surface area contributed by atoms with E-state index in [-0.39, 0.29) is 17.1 Å². The molecule has 0 amide bonds. The van der Waals surface area contributed by atoms with Crippen molar-refractivity contribution in [2.24, 2.45) is 7.05 Å². The Bertz CT molecular complexity index is 880. The molecule has 1 aromatic heterocycles. The Morgan fingerprint density at radius 2 is 1.91 bits per heavy atom. The van der Waals surface area contributed by atoms with Gasteiger partial charge in [0.2, 0.25) is 0 Å². The van der Waals surface area contributed by atoms with Gasteiger partial charge in [-0.05, 0) is 18.2 Å². The van der Waals surface area contributed by atoms with Crippen molar-refractivity contribution >= 4 is 16.9 Å². The minimum atomic E-state index is -1.07. The first-order valence-corrected chi connectivity index (χ1v) is 6.71. The number of fused-ring (bicyclic) bond motifs is 1. The molecular formula is C17H15NO4. The first-order valence-electron chi connectivity index (χ1n) is 6.71. The molecule has 0 aliphatic heterocycles. The summed E-state index contributed by atoms with van der Waals surface area (Å²) >= 11 is 0. The Hall–Kier alpha value is -2.95.